The van der Waals surface area contributed by atoms with Crippen molar-refractivity contribution in [2.75, 3.05) is 13.1 Å². The number of carbonyl (C=O) groups is 1. The number of fused-ring (bicyclic) bond motifs is 1. The number of likely N-dealkylation sites (tertiary alicyclic amines) is 1. The Morgan fingerprint density at radius 3 is 2.52 bits per heavy atom. The van der Waals surface area contributed by atoms with Crippen molar-refractivity contribution in [2.24, 2.45) is 0 Å². The van der Waals surface area contributed by atoms with E-state index in [2.05, 4.69) is 18.1 Å². The van der Waals surface area contributed by atoms with Gasteiger partial charge in [0.05, 0.1) is 17.0 Å². The molecule has 1 unspecified atom stereocenters. The van der Waals surface area contributed by atoms with Gasteiger partial charge in [-0.1, -0.05) is 30.3 Å². The van der Waals surface area contributed by atoms with Gasteiger partial charge >= 0.3 is 0 Å². The summed E-state index contributed by atoms with van der Waals surface area (Å²) in [5.41, 5.74) is 1.72. The molecule has 162 valence electrons. The third kappa shape index (κ3) is 4.33. The quantitative estimate of drug-likeness (QED) is 0.629. The van der Waals surface area contributed by atoms with Crippen LogP contribution in [0.3, 0.4) is 0 Å². The molecule has 1 aromatic heterocycles. The van der Waals surface area contributed by atoms with E-state index in [1.54, 1.807) is 6.07 Å². The van der Waals surface area contributed by atoms with E-state index < -0.39 is 5.92 Å². The summed E-state index contributed by atoms with van der Waals surface area (Å²) >= 11 is 0. The average molecular weight is 420 g/mol. The molecule has 0 saturated carbocycles. The molecule has 1 atom stereocenters. The number of aromatic nitrogens is 2. The second-order valence-corrected chi connectivity index (χ2v) is 8.23. The number of hydrogen-bond donors (Lipinski definition) is 0. The van der Waals surface area contributed by atoms with Gasteiger partial charge in [0, 0.05) is 37.9 Å². The van der Waals surface area contributed by atoms with Crippen LogP contribution >= 0.6 is 0 Å². The Morgan fingerprint density at radius 2 is 1.84 bits per heavy atom. The number of rotatable bonds is 5. The van der Waals surface area contributed by atoms with Gasteiger partial charge in [-0.25, -0.2) is 4.68 Å². The lowest BCUT2D eigenvalue weighted by atomic mass is 9.98. The molecular weight excluding hydrogens is 390 g/mol. The highest BCUT2D eigenvalue weighted by atomic mass is 16.5. The molecule has 1 amide bonds. The average Bonchev–Trinajstić information content (AvgIpc) is 2.79. The molecule has 1 saturated heterocycles. The molecule has 6 heteroatoms. The minimum atomic E-state index is -0.419. The van der Waals surface area contributed by atoms with Crippen LogP contribution in [0.25, 0.3) is 10.8 Å². The summed E-state index contributed by atoms with van der Waals surface area (Å²) in [5.74, 6) is 0.515. The number of hydrogen-bond acceptors (Lipinski definition) is 4. The van der Waals surface area contributed by atoms with E-state index in [1.165, 1.54) is 10.2 Å². The number of ether oxygens (including phenoxy) is 1. The maximum absolute atomic E-state index is 13.3. The second kappa shape index (κ2) is 8.92. The number of nitrogens with zero attached hydrogens (tertiary/aromatic N) is 3. The first-order valence-electron chi connectivity index (χ1n) is 11.0. The third-order valence-corrected chi connectivity index (χ3v) is 6.02. The minimum Gasteiger partial charge on any atom is -0.490 e. The highest BCUT2D eigenvalue weighted by Gasteiger charge is 2.29. The van der Waals surface area contributed by atoms with Crippen molar-refractivity contribution in [3.8, 4) is 5.75 Å². The van der Waals surface area contributed by atoms with Crippen LogP contribution in [0.15, 0.2) is 53.3 Å². The Balaban J connectivity index is 1.48. The highest BCUT2D eigenvalue weighted by molar-refractivity contribution is 5.91. The molecule has 4 rings (SSSR count). The van der Waals surface area contributed by atoms with Crippen LogP contribution in [0.5, 0.6) is 5.75 Å². The van der Waals surface area contributed by atoms with E-state index in [0.717, 1.165) is 24.0 Å². The van der Waals surface area contributed by atoms with E-state index in [4.69, 9.17) is 4.74 Å². The first-order valence-corrected chi connectivity index (χ1v) is 11.0. The summed E-state index contributed by atoms with van der Waals surface area (Å²) in [6.07, 6.45) is 1.71. The van der Waals surface area contributed by atoms with Crippen molar-refractivity contribution < 1.29 is 9.53 Å². The Bertz CT molecular complexity index is 1150. The van der Waals surface area contributed by atoms with Crippen molar-refractivity contribution in [1.82, 2.24) is 14.7 Å². The molecule has 1 aliphatic heterocycles. The lowest BCUT2D eigenvalue weighted by molar-refractivity contribution is -0.134. The standard InChI is InChI=1S/C25H29N3O3/c1-4-28-25(30)22-11-6-5-10-21(22)23(26-28)18(3)24(29)27-14-12-19(13-15-27)31-20-9-7-8-17(2)16-20/h5-11,16,18-19H,4,12-15H2,1-3H3. The van der Waals surface area contributed by atoms with Crippen LogP contribution in [0.1, 0.15) is 43.9 Å². The van der Waals surface area contributed by atoms with Crippen LogP contribution in [0.4, 0.5) is 0 Å². The molecule has 0 aliphatic carbocycles. The van der Waals surface area contributed by atoms with Gasteiger partial charge in [0.2, 0.25) is 5.91 Å². The summed E-state index contributed by atoms with van der Waals surface area (Å²) in [6.45, 7) is 7.61. The molecule has 2 aromatic carbocycles. The van der Waals surface area contributed by atoms with E-state index in [-0.39, 0.29) is 17.6 Å². The maximum atomic E-state index is 13.3. The predicted octanol–water partition coefficient (Wildman–Crippen LogP) is 3.90. The summed E-state index contributed by atoms with van der Waals surface area (Å²) in [7, 11) is 0. The monoisotopic (exact) mass is 419 g/mol. The summed E-state index contributed by atoms with van der Waals surface area (Å²) in [6, 6.07) is 15.5. The molecule has 0 bridgehead atoms. The minimum absolute atomic E-state index is 0.0490. The lowest BCUT2D eigenvalue weighted by Crippen LogP contribution is -2.43. The van der Waals surface area contributed by atoms with Gasteiger partial charge in [0.1, 0.15) is 11.9 Å². The van der Waals surface area contributed by atoms with Gasteiger partial charge < -0.3 is 9.64 Å². The molecule has 0 spiro atoms. The molecule has 31 heavy (non-hydrogen) atoms. The Labute approximate surface area is 182 Å². The fourth-order valence-corrected chi connectivity index (χ4v) is 4.26. The molecule has 2 heterocycles. The van der Waals surface area contributed by atoms with Crippen LogP contribution < -0.4 is 10.3 Å². The summed E-state index contributed by atoms with van der Waals surface area (Å²) in [5, 5.41) is 5.92. The molecular formula is C25H29N3O3. The van der Waals surface area contributed by atoms with Gasteiger partial charge in [-0.3, -0.25) is 9.59 Å². The molecule has 6 nitrogen and oxygen atoms in total. The van der Waals surface area contributed by atoms with E-state index in [1.807, 2.05) is 55.1 Å². The van der Waals surface area contributed by atoms with Crippen LogP contribution in [-0.2, 0) is 11.3 Å². The SMILES string of the molecule is CCn1nc(C(C)C(=O)N2CCC(Oc3cccc(C)c3)CC2)c2ccccc2c1=O. The number of amides is 1. The van der Waals surface area contributed by atoms with Crippen LogP contribution in [-0.4, -0.2) is 39.8 Å². The summed E-state index contributed by atoms with van der Waals surface area (Å²) in [4.78, 5) is 27.8. The number of piperidine rings is 1. The Kier molecular flexibility index (Phi) is 6.07. The smallest absolute Gasteiger partial charge is 0.274 e. The molecule has 1 aliphatic rings. The van der Waals surface area contributed by atoms with Crippen molar-refractivity contribution in [2.45, 2.75) is 52.2 Å². The van der Waals surface area contributed by atoms with Crippen molar-refractivity contribution in [3.63, 3.8) is 0 Å². The fraction of sp³-hybridized carbons (Fsp3) is 0.400. The van der Waals surface area contributed by atoms with Gasteiger partial charge in [-0.05, 0) is 44.5 Å². The fourth-order valence-electron chi connectivity index (χ4n) is 4.26. The topological polar surface area (TPSA) is 64.4 Å². The number of aryl methyl sites for hydroxylation is 2. The van der Waals surface area contributed by atoms with Gasteiger partial charge in [0.25, 0.3) is 5.56 Å². The largest absolute Gasteiger partial charge is 0.490 e. The second-order valence-electron chi connectivity index (χ2n) is 8.23. The molecule has 1 fully saturated rings. The highest BCUT2D eigenvalue weighted by Crippen LogP contribution is 2.26. The third-order valence-electron chi connectivity index (χ3n) is 6.02. The van der Waals surface area contributed by atoms with Gasteiger partial charge in [0.15, 0.2) is 0 Å². The van der Waals surface area contributed by atoms with Gasteiger partial charge in [-0.15, -0.1) is 0 Å². The van der Waals surface area contributed by atoms with Crippen molar-refractivity contribution in [1.29, 1.82) is 0 Å². The lowest BCUT2D eigenvalue weighted by Gasteiger charge is -2.33. The zero-order chi connectivity index (χ0) is 22.0. The summed E-state index contributed by atoms with van der Waals surface area (Å²) < 4.78 is 7.57. The van der Waals surface area contributed by atoms with Crippen molar-refractivity contribution in [3.05, 3.63) is 70.1 Å². The van der Waals surface area contributed by atoms with E-state index in [9.17, 15) is 9.59 Å². The Morgan fingerprint density at radius 1 is 1.13 bits per heavy atom. The number of benzene rings is 2. The first kappa shape index (κ1) is 21.1. The molecule has 3 aromatic rings. The van der Waals surface area contributed by atoms with Gasteiger partial charge in [-0.2, -0.15) is 5.10 Å². The molecule has 0 N–H and O–H groups in total. The zero-order valence-electron chi connectivity index (χ0n) is 18.4. The normalized spacial score (nSPS) is 15.8. The van der Waals surface area contributed by atoms with E-state index in [0.29, 0.717) is 30.7 Å². The van der Waals surface area contributed by atoms with Crippen molar-refractivity contribution >= 4 is 16.7 Å². The maximum Gasteiger partial charge on any atom is 0.274 e. The van der Waals surface area contributed by atoms with Crippen LogP contribution in [0, 0.1) is 6.92 Å². The molecule has 0 radical (unpaired) electrons. The van der Waals surface area contributed by atoms with E-state index >= 15 is 0 Å². The first-order chi connectivity index (χ1) is 15.0. The predicted molar refractivity (Wildman–Crippen MR) is 122 cm³/mol. The number of carbonyl (C=O) groups excluding carboxylic acids is 1. The Hall–Kier alpha value is -3.15. The van der Waals surface area contributed by atoms with Crippen LogP contribution in [0.2, 0.25) is 0 Å². The zero-order valence-corrected chi connectivity index (χ0v) is 18.4.